The number of nitrogens with two attached hydrogens (primary N) is 1. The molecule has 0 aromatic heterocycles. The number of nitrogens with zero attached hydrogens (tertiary/aromatic N) is 2. The predicted molar refractivity (Wildman–Crippen MR) is 97.7 cm³/mol. The van der Waals surface area contributed by atoms with Crippen LogP contribution in [0, 0.1) is 11.7 Å². The molecule has 1 unspecified atom stereocenters. The van der Waals surface area contributed by atoms with E-state index < -0.39 is 27.9 Å². The SMILES string of the molecule is CC(C)CC(NC(N)=O)C(=O)N1CCN(S(=O)(=O)c2ccc(F)cc2)CC1. The summed E-state index contributed by atoms with van der Waals surface area (Å²) in [6, 6.07) is 3.13. The number of nitrogens with one attached hydrogen (secondary N) is 1. The summed E-state index contributed by atoms with van der Waals surface area (Å²) in [5, 5.41) is 2.46. The van der Waals surface area contributed by atoms with Crippen LogP contribution in [0.4, 0.5) is 9.18 Å². The lowest BCUT2D eigenvalue weighted by molar-refractivity contribution is -0.134. The van der Waals surface area contributed by atoms with Crippen molar-refractivity contribution in [2.75, 3.05) is 26.2 Å². The van der Waals surface area contributed by atoms with Gasteiger partial charge in [-0.25, -0.2) is 17.6 Å². The van der Waals surface area contributed by atoms with Crippen molar-refractivity contribution in [3.8, 4) is 0 Å². The molecule has 0 bridgehead atoms. The molecule has 3 amide bonds. The lowest BCUT2D eigenvalue weighted by atomic mass is 10.0. The second-order valence-corrected chi connectivity index (χ2v) is 8.81. The van der Waals surface area contributed by atoms with E-state index in [9.17, 15) is 22.4 Å². The smallest absolute Gasteiger partial charge is 0.312 e. The molecule has 1 atom stereocenters. The molecule has 2 rings (SSSR count). The highest BCUT2D eigenvalue weighted by atomic mass is 32.2. The Morgan fingerprint density at radius 2 is 1.70 bits per heavy atom. The first kappa shape index (κ1) is 21.1. The summed E-state index contributed by atoms with van der Waals surface area (Å²) in [5.41, 5.74) is 5.16. The van der Waals surface area contributed by atoms with Crippen molar-refractivity contribution in [3.63, 3.8) is 0 Å². The molecule has 0 aliphatic carbocycles. The van der Waals surface area contributed by atoms with E-state index in [-0.39, 0.29) is 42.9 Å². The molecule has 1 aliphatic rings. The van der Waals surface area contributed by atoms with Crippen LogP contribution in [0.1, 0.15) is 20.3 Å². The van der Waals surface area contributed by atoms with Gasteiger partial charge in [-0.15, -0.1) is 0 Å². The van der Waals surface area contributed by atoms with Crippen molar-refractivity contribution in [1.82, 2.24) is 14.5 Å². The zero-order chi connectivity index (χ0) is 20.2. The molecule has 1 aromatic carbocycles. The van der Waals surface area contributed by atoms with E-state index in [1.807, 2.05) is 13.8 Å². The van der Waals surface area contributed by atoms with Gasteiger partial charge in [0.25, 0.3) is 0 Å². The number of carbonyl (C=O) groups is 2. The van der Waals surface area contributed by atoms with Gasteiger partial charge in [-0.2, -0.15) is 4.31 Å². The van der Waals surface area contributed by atoms with E-state index >= 15 is 0 Å². The molecule has 1 aromatic rings. The van der Waals surface area contributed by atoms with E-state index in [4.69, 9.17) is 5.73 Å². The van der Waals surface area contributed by atoms with Gasteiger partial charge in [0, 0.05) is 26.2 Å². The molecule has 150 valence electrons. The van der Waals surface area contributed by atoms with Crippen molar-refractivity contribution in [1.29, 1.82) is 0 Å². The molecule has 1 fully saturated rings. The normalized spacial score (nSPS) is 17.0. The summed E-state index contributed by atoms with van der Waals surface area (Å²) in [6.45, 7) is 4.50. The van der Waals surface area contributed by atoms with Gasteiger partial charge in [0.2, 0.25) is 15.9 Å². The fraction of sp³-hybridized carbons (Fsp3) is 0.529. The Morgan fingerprint density at radius 1 is 1.15 bits per heavy atom. The maximum absolute atomic E-state index is 13.0. The van der Waals surface area contributed by atoms with Crippen LogP contribution in [0.25, 0.3) is 0 Å². The van der Waals surface area contributed by atoms with Crippen molar-refractivity contribution < 1.29 is 22.4 Å². The molecule has 27 heavy (non-hydrogen) atoms. The molecule has 8 nitrogen and oxygen atoms in total. The minimum absolute atomic E-state index is 0.0109. The summed E-state index contributed by atoms with van der Waals surface area (Å²) in [7, 11) is -3.75. The lowest BCUT2D eigenvalue weighted by Gasteiger charge is -2.36. The molecular weight excluding hydrogens is 375 g/mol. The average molecular weight is 400 g/mol. The first-order chi connectivity index (χ1) is 12.6. The molecule has 0 radical (unpaired) electrons. The molecule has 3 N–H and O–H groups in total. The Labute approximate surface area is 158 Å². The molecule has 0 spiro atoms. The number of rotatable bonds is 6. The quantitative estimate of drug-likeness (QED) is 0.733. The third-order valence-corrected chi connectivity index (χ3v) is 6.24. The lowest BCUT2D eigenvalue weighted by Crippen LogP contribution is -2.56. The van der Waals surface area contributed by atoms with Gasteiger partial charge >= 0.3 is 6.03 Å². The Kier molecular flexibility index (Phi) is 6.77. The number of halogens is 1. The first-order valence-electron chi connectivity index (χ1n) is 8.71. The topological polar surface area (TPSA) is 113 Å². The van der Waals surface area contributed by atoms with Crippen LogP contribution < -0.4 is 11.1 Å². The van der Waals surface area contributed by atoms with Crippen LogP contribution in [-0.2, 0) is 14.8 Å². The maximum Gasteiger partial charge on any atom is 0.312 e. The Hall–Kier alpha value is -2.20. The standard InChI is InChI=1S/C17H25FN4O4S/c1-12(2)11-15(20-17(19)24)16(23)21-7-9-22(10-8-21)27(25,26)14-5-3-13(18)4-6-14/h3-6,12,15H,7-11H2,1-2H3,(H3,19,20,24). The van der Waals surface area contributed by atoms with Crippen molar-refractivity contribution >= 4 is 22.0 Å². The number of piperazine rings is 1. The number of urea groups is 1. The molecule has 10 heteroatoms. The average Bonchev–Trinajstić information content (AvgIpc) is 2.60. The van der Waals surface area contributed by atoms with Gasteiger partial charge in [-0.05, 0) is 36.6 Å². The van der Waals surface area contributed by atoms with Crippen LogP contribution >= 0.6 is 0 Å². The van der Waals surface area contributed by atoms with E-state index in [0.29, 0.717) is 6.42 Å². The third-order valence-electron chi connectivity index (χ3n) is 4.32. The molecule has 0 saturated carbocycles. The number of sulfonamides is 1. The minimum Gasteiger partial charge on any atom is -0.352 e. The summed E-state index contributed by atoms with van der Waals surface area (Å²) >= 11 is 0. The summed E-state index contributed by atoms with van der Waals surface area (Å²) in [6.07, 6.45) is 0.440. The van der Waals surface area contributed by atoms with Gasteiger partial charge in [-0.3, -0.25) is 4.79 Å². The highest BCUT2D eigenvalue weighted by Gasteiger charge is 2.33. The van der Waals surface area contributed by atoms with Crippen molar-refractivity contribution in [2.24, 2.45) is 11.7 Å². The van der Waals surface area contributed by atoms with Crippen LogP contribution in [-0.4, -0.2) is 61.8 Å². The largest absolute Gasteiger partial charge is 0.352 e. The van der Waals surface area contributed by atoms with E-state index in [0.717, 1.165) is 12.1 Å². The summed E-state index contributed by atoms with van der Waals surface area (Å²) in [5.74, 6) is -0.616. The Morgan fingerprint density at radius 3 is 2.19 bits per heavy atom. The number of hydrogen-bond acceptors (Lipinski definition) is 4. The second-order valence-electron chi connectivity index (χ2n) is 6.87. The van der Waals surface area contributed by atoms with Gasteiger partial charge < -0.3 is 16.0 Å². The van der Waals surface area contributed by atoms with Crippen LogP contribution in [0.15, 0.2) is 29.2 Å². The van der Waals surface area contributed by atoms with Gasteiger partial charge in [-0.1, -0.05) is 13.8 Å². The monoisotopic (exact) mass is 400 g/mol. The zero-order valence-electron chi connectivity index (χ0n) is 15.4. The number of hydrogen-bond donors (Lipinski definition) is 2. The van der Waals surface area contributed by atoms with Gasteiger partial charge in [0.15, 0.2) is 0 Å². The number of primary amides is 1. The first-order valence-corrected chi connectivity index (χ1v) is 10.2. The van der Waals surface area contributed by atoms with Crippen LogP contribution in [0.2, 0.25) is 0 Å². The maximum atomic E-state index is 13.0. The van der Waals surface area contributed by atoms with Crippen LogP contribution in [0.3, 0.4) is 0 Å². The molecule has 1 saturated heterocycles. The zero-order valence-corrected chi connectivity index (χ0v) is 16.2. The van der Waals surface area contributed by atoms with E-state index in [1.165, 1.54) is 21.3 Å². The van der Waals surface area contributed by atoms with E-state index in [2.05, 4.69) is 5.32 Å². The fourth-order valence-corrected chi connectivity index (χ4v) is 4.41. The fourth-order valence-electron chi connectivity index (χ4n) is 2.99. The highest BCUT2D eigenvalue weighted by Crippen LogP contribution is 2.19. The van der Waals surface area contributed by atoms with Crippen molar-refractivity contribution in [3.05, 3.63) is 30.1 Å². The Bertz CT molecular complexity index is 775. The number of benzene rings is 1. The minimum atomic E-state index is -3.75. The predicted octanol–water partition coefficient (Wildman–Crippen LogP) is 0.742. The van der Waals surface area contributed by atoms with E-state index in [1.54, 1.807) is 0 Å². The van der Waals surface area contributed by atoms with Crippen molar-refractivity contribution in [2.45, 2.75) is 31.2 Å². The highest BCUT2D eigenvalue weighted by molar-refractivity contribution is 7.89. The second kappa shape index (κ2) is 8.66. The molecule has 1 aliphatic heterocycles. The van der Waals surface area contributed by atoms with Crippen LogP contribution in [0.5, 0.6) is 0 Å². The number of amides is 3. The summed E-state index contributed by atoms with van der Waals surface area (Å²) < 4.78 is 39.5. The van der Waals surface area contributed by atoms with Gasteiger partial charge in [0.05, 0.1) is 4.90 Å². The molecule has 1 heterocycles. The summed E-state index contributed by atoms with van der Waals surface area (Å²) in [4.78, 5) is 25.4. The Balaban J connectivity index is 2.03. The number of carbonyl (C=O) groups excluding carboxylic acids is 2. The third kappa shape index (κ3) is 5.39. The molecular formula is C17H25FN4O4S. The van der Waals surface area contributed by atoms with Gasteiger partial charge in [0.1, 0.15) is 11.9 Å².